The molecule has 4 aromatic carbocycles. The van der Waals surface area contributed by atoms with Crippen LogP contribution >= 0.6 is 11.6 Å². The lowest BCUT2D eigenvalue weighted by Crippen LogP contribution is -2.32. The lowest BCUT2D eigenvalue weighted by atomic mass is 10.0. The number of rotatable bonds is 11. The second kappa shape index (κ2) is 13.5. The number of sulfonamides is 1. The molecule has 0 bridgehead atoms. The Hall–Kier alpha value is -4.67. The standard InChI is InChI=1S/C34H29ClF2N2O5S/c1-3-43-33-19-34(40)38(2)21-28(33)27-18-26(14-16-31(27)44-32-15-13-25(36)17-30(32)37)39(20-24-11-7-8-12-29(24)35)45(41,42)22-23-9-5-4-6-10-23/h4-19,21H,3,20,22H2,1-2H3. The summed E-state index contributed by atoms with van der Waals surface area (Å²) in [5.74, 6) is -1.92. The first-order chi connectivity index (χ1) is 21.6. The van der Waals surface area contributed by atoms with Crippen LogP contribution in [0.1, 0.15) is 18.1 Å². The maximum absolute atomic E-state index is 14.7. The SMILES string of the molecule is CCOc1cc(=O)n(C)cc1-c1cc(N(Cc2ccccc2Cl)S(=O)(=O)Cc2ccccc2)ccc1Oc1ccc(F)cc1F. The normalized spacial score (nSPS) is 11.3. The predicted octanol–water partition coefficient (Wildman–Crippen LogP) is 7.71. The summed E-state index contributed by atoms with van der Waals surface area (Å²) in [4.78, 5) is 12.5. The van der Waals surface area contributed by atoms with Gasteiger partial charge in [0, 0.05) is 41.5 Å². The maximum Gasteiger partial charge on any atom is 0.254 e. The van der Waals surface area contributed by atoms with Crippen LogP contribution in [0.2, 0.25) is 5.02 Å². The van der Waals surface area contributed by atoms with E-state index in [1.165, 1.54) is 33.3 Å². The van der Waals surface area contributed by atoms with Crippen molar-refractivity contribution in [1.82, 2.24) is 4.57 Å². The number of aromatic nitrogens is 1. The summed E-state index contributed by atoms with van der Waals surface area (Å²) in [6.45, 7) is 1.89. The van der Waals surface area contributed by atoms with Crippen molar-refractivity contribution in [3.05, 3.63) is 141 Å². The first kappa shape index (κ1) is 31.7. The Morgan fingerprint density at radius 1 is 0.844 bits per heavy atom. The average molecular weight is 651 g/mol. The van der Waals surface area contributed by atoms with Crippen molar-refractivity contribution in [2.24, 2.45) is 7.05 Å². The molecular weight excluding hydrogens is 622 g/mol. The molecule has 0 aliphatic rings. The molecular formula is C34H29ClF2N2O5S. The molecule has 0 amide bonds. The van der Waals surface area contributed by atoms with Crippen molar-refractivity contribution in [3.63, 3.8) is 0 Å². The van der Waals surface area contributed by atoms with Crippen molar-refractivity contribution in [1.29, 1.82) is 0 Å². The van der Waals surface area contributed by atoms with E-state index in [-0.39, 0.29) is 47.4 Å². The Labute approximate surface area is 264 Å². The van der Waals surface area contributed by atoms with Gasteiger partial charge < -0.3 is 14.0 Å². The van der Waals surface area contributed by atoms with Crippen LogP contribution in [0.3, 0.4) is 0 Å². The third kappa shape index (κ3) is 7.35. The molecule has 0 atom stereocenters. The highest BCUT2D eigenvalue weighted by Gasteiger charge is 2.27. The summed E-state index contributed by atoms with van der Waals surface area (Å²) in [7, 11) is -2.46. The van der Waals surface area contributed by atoms with Crippen molar-refractivity contribution in [2.45, 2.75) is 19.2 Å². The average Bonchev–Trinajstić information content (AvgIpc) is 3.00. The number of pyridine rings is 1. The van der Waals surface area contributed by atoms with E-state index in [9.17, 15) is 22.0 Å². The summed E-state index contributed by atoms with van der Waals surface area (Å²) in [5, 5.41) is 0.390. The fraction of sp³-hybridized carbons (Fsp3) is 0.147. The molecule has 1 aromatic heterocycles. The predicted molar refractivity (Wildman–Crippen MR) is 171 cm³/mol. The molecule has 5 aromatic rings. The number of hydrogen-bond donors (Lipinski definition) is 0. The molecule has 1 heterocycles. The maximum atomic E-state index is 14.7. The second-order valence-corrected chi connectivity index (χ2v) is 12.4. The zero-order chi connectivity index (χ0) is 32.1. The van der Waals surface area contributed by atoms with Crippen LogP contribution in [0.15, 0.2) is 108 Å². The summed E-state index contributed by atoms with van der Waals surface area (Å²) in [6.07, 6.45) is 1.52. The number of halogens is 3. The van der Waals surface area contributed by atoms with E-state index in [0.29, 0.717) is 33.3 Å². The van der Waals surface area contributed by atoms with Crippen LogP contribution in [-0.4, -0.2) is 19.6 Å². The molecule has 0 aliphatic heterocycles. The number of anilines is 1. The quantitative estimate of drug-likeness (QED) is 0.146. The van der Waals surface area contributed by atoms with Crippen LogP contribution < -0.4 is 19.3 Å². The molecule has 232 valence electrons. The third-order valence-corrected chi connectivity index (χ3v) is 9.02. The van der Waals surface area contributed by atoms with Gasteiger partial charge in [-0.25, -0.2) is 17.2 Å². The van der Waals surface area contributed by atoms with E-state index in [1.807, 2.05) is 0 Å². The van der Waals surface area contributed by atoms with Gasteiger partial charge in [0.25, 0.3) is 5.56 Å². The largest absolute Gasteiger partial charge is 0.493 e. The monoisotopic (exact) mass is 650 g/mol. The smallest absolute Gasteiger partial charge is 0.254 e. The lowest BCUT2D eigenvalue weighted by Gasteiger charge is -2.26. The molecule has 0 N–H and O–H groups in total. The van der Waals surface area contributed by atoms with Gasteiger partial charge in [0.1, 0.15) is 17.3 Å². The van der Waals surface area contributed by atoms with Gasteiger partial charge in [-0.15, -0.1) is 0 Å². The number of hydrogen-bond acceptors (Lipinski definition) is 5. The van der Waals surface area contributed by atoms with E-state index in [0.717, 1.165) is 12.1 Å². The van der Waals surface area contributed by atoms with Gasteiger partial charge in [0.2, 0.25) is 10.0 Å². The molecule has 0 fully saturated rings. The van der Waals surface area contributed by atoms with Crippen molar-refractivity contribution < 1.29 is 26.7 Å². The highest BCUT2D eigenvalue weighted by molar-refractivity contribution is 7.92. The van der Waals surface area contributed by atoms with E-state index < -0.39 is 21.7 Å². The Morgan fingerprint density at radius 3 is 2.27 bits per heavy atom. The molecule has 0 saturated heterocycles. The van der Waals surface area contributed by atoms with Gasteiger partial charge in [-0.1, -0.05) is 60.1 Å². The van der Waals surface area contributed by atoms with Crippen molar-refractivity contribution >= 4 is 27.3 Å². The number of ether oxygens (including phenoxy) is 2. The van der Waals surface area contributed by atoms with E-state index in [1.54, 1.807) is 74.6 Å². The molecule has 11 heteroatoms. The van der Waals surface area contributed by atoms with E-state index in [2.05, 4.69) is 0 Å². The number of nitrogens with zero attached hydrogens (tertiary/aromatic N) is 2. The molecule has 0 unspecified atom stereocenters. The van der Waals surface area contributed by atoms with Crippen LogP contribution in [0.25, 0.3) is 11.1 Å². The molecule has 0 spiro atoms. The molecule has 0 aliphatic carbocycles. The zero-order valence-electron chi connectivity index (χ0n) is 24.4. The minimum Gasteiger partial charge on any atom is -0.493 e. The Bertz CT molecular complexity index is 2000. The molecule has 0 saturated carbocycles. The molecule has 45 heavy (non-hydrogen) atoms. The molecule has 5 rings (SSSR count). The van der Waals surface area contributed by atoms with Gasteiger partial charge in [-0.3, -0.25) is 9.10 Å². The summed E-state index contributed by atoms with van der Waals surface area (Å²) in [6, 6.07) is 24.5. The fourth-order valence-electron chi connectivity index (χ4n) is 4.73. The first-order valence-corrected chi connectivity index (χ1v) is 15.9. The van der Waals surface area contributed by atoms with Crippen LogP contribution in [-0.2, 0) is 29.4 Å². The highest BCUT2D eigenvalue weighted by atomic mass is 35.5. The fourth-order valence-corrected chi connectivity index (χ4v) is 6.47. The summed E-state index contributed by atoms with van der Waals surface area (Å²) < 4.78 is 70.8. The van der Waals surface area contributed by atoms with Gasteiger partial charge in [-0.2, -0.15) is 0 Å². The number of aryl methyl sites for hydroxylation is 1. The van der Waals surface area contributed by atoms with Gasteiger partial charge in [0.15, 0.2) is 11.6 Å². The summed E-state index contributed by atoms with van der Waals surface area (Å²) in [5.41, 5.74) is 1.76. The Morgan fingerprint density at radius 2 is 1.56 bits per heavy atom. The summed E-state index contributed by atoms with van der Waals surface area (Å²) >= 11 is 6.47. The van der Waals surface area contributed by atoms with E-state index >= 15 is 0 Å². The molecule has 0 radical (unpaired) electrons. The molecule has 7 nitrogen and oxygen atoms in total. The minimum absolute atomic E-state index is 0.0906. The first-order valence-electron chi connectivity index (χ1n) is 13.9. The van der Waals surface area contributed by atoms with Gasteiger partial charge in [-0.05, 0) is 54.4 Å². The number of benzene rings is 4. The van der Waals surface area contributed by atoms with Gasteiger partial charge in [0.05, 0.1) is 24.6 Å². The van der Waals surface area contributed by atoms with Crippen LogP contribution in [0.5, 0.6) is 17.2 Å². The topological polar surface area (TPSA) is 77.8 Å². The zero-order valence-corrected chi connectivity index (χ0v) is 26.0. The lowest BCUT2D eigenvalue weighted by molar-refractivity contribution is 0.340. The third-order valence-electron chi connectivity index (χ3n) is 6.94. The second-order valence-electron chi connectivity index (χ2n) is 10.1. The van der Waals surface area contributed by atoms with E-state index in [4.69, 9.17) is 21.1 Å². The Balaban J connectivity index is 1.71. The van der Waals surface area contributed by atoms with Crippen LogP contribution in [0.4, 0.5) is 14.5 Å². The van der Waals surface area contributed by atoms with Crippen LogP contribution in [0, 0.1) is 11.6 Å². The van der Waals surface area contributed by atoms with Gasteiger partial charge >= 0.3 is 0 Å². The van der Waals surface area contributed by atoms with Crippen molar-refractivity contribution in [3.8, 4) is 28.4 Å². The van der Waals surface area contributed by atoms with Crippen molar-refractivity contribution in [2.75, 3.05) is 10.9 Å². The minimum atomic E-state index is -4.02. The Kier molecular flexibility index (Phi) is 9.55. The highest BCUT2D eigenvalue weighted by Crippen LogP contribution is 2.41.